The van der Waals surface area contributed by atoms with Crippen molar-refractivity contribution in [3.8, 4) is 11.4 Å². The van der Waals surface area contributed by atoms with Crippen molar-refractivity contribution in [1.29, 1.82) is 0 Å². The molecule has 0 spiro atoms. The fourth-order valence-corrected chi connectivity index (χ4v) is 2.37. The maximum atomic E-state index is 13.2. The Labute approximate surface area is 152 Å². The van der Waals surface area contributed by atoms with Gasteiger partial charge < -0.3 is 4.52 Å². The maximum absolute atomic E-state index is 13.2. The summed E-state index contributed by atoms with van der Waals surface area (Å²) < 4.78 is 54.9. The average Bonchev–Trinajstić information content (AvgIpc) is 3.15. The molecule has 1 aliphatic rings. The lowest BCUT2D eigenvalue weighted by Gasteiger charge is -2.21. The minimum absolute atomic E-state index is 0.0996. The zero-order valence-electron chi connectivity index (χ0n) is 14.4. The number of hydrogen-bond acceptors (Lipinski definition) is 5. The largest absolute Gasteiger partial charge is 0.471 e. The summed E-state index contributed by atoms with van der Waals surface area (Å²) in [6.07, 6.45) is -4.96. The van der Waals surface area contributed by atoms with E-state index in [4.69, 9.17) is 4.84 Å². The Balaban J connectivity index is 1.69. The zero-order valence-corrected chi connectivity index (χ0v) is 14.4. The van der Waals surface area contributed by atoms with Gasteiger partial charge in [-0.05, 0) is 18.4 Å². The molecule has 1 saturated carbocycles. The zero-order chi connectivity index (χ0) is 19.6. The molecule has 2 unspecified atom stereocenters. The molecule has 0 bridgehead atoms. The number of rotatable bonds is 7. The van der Waals surface area contributed by atoms with Crippen LogP contribution < -0.4 is 0 Å². The average molecular weight is 387 g/mol. The van der Waals surface area contributed by atoms with Crippen LogP contribution in [0, 0.1) is 5.92 Å². The Kier molecular flexibility index (Phi) is 5.45. The third-order valence-electron chi connectivity index (χ3n) is 3.93. The molecular formula is C17H17F4N3O3. The minimum Gasteiger partial charge on any atom is -0.329 e. The second kappa shape index (κ2) is 7.63. The molecule has 1 heterocycles. The van der Waals surface area contributed by atoms with Gasteiger partial charge in [-0.2, -0.15) is 18.2 Å². The predicted molar refractivity (Wildman–Crippen MR) is 84.5 cm³/mol. The quantitative estimate of drug-likeness (QED) is 0.534. The number of halogens is 4. The maximum Gasteiger partial charge on any atom is 0.471 e. The molecule has 1 aromatic carbocycles. The first-order valence-electron chi connectivity index (χ1n) is 8.38. The first kappa shape index (κ1) is 19.3. The van der Waals surface area contributed by atoms with Crippen LogP contribution in [0.2, 0.25) is 0 Å². The van der Waals surface area contributed by atoms with Crippen molar-refractivity contribution < 1.29 is 31.7 Å². The van der Waals surface area contributed by atoms with Crippen molar-refractivity contribution in [3.63, 3.8) is 0 Å². The molecule has 2 aromatic rings. The number of carbonyl (C=O) groups excluding carboxylic acids is 1. The summed E-state index contributed by atoms with van der Waals surface area (Å²) in [6.45, 7) is 2.30. The van der Waals surface area contributed by atoms with Crippen LogP contribution >= 0.6 is 0 Å². The molecule has 1 aliphatic carbocycles. The molecular weight excluding hydrogens is 370 g/mol. The Hall–Kier alpha value is -2.49. The molecule has 0 saturated heterocycles. The van der Waals surface area contributed by atoms with E-state index in [0.717, 1.165) is 5.06 Å². The lowest BCUT2D eigenvalue weighted by atomic mass is 10.1. The SMILES string of the molecule is CCCON(Cc1ccc(-c2noc(C(F)(F)F)n2)cc1)C(=O)C1CC1F. The van der Waals surface area contributed by atoms with Gasteiger partial charge in [0.2, 0.25) is 5.82 Å². The predicted octanol–water partition coefficient (Wildman–Crippen LogP) is 3.78. The highest BCUT2D eigenvalue weighted by atomic mass is 19.4. The molecule has 1 fully saturated rings. The molecule has 0 N–H and O–H groups in total. The fourth-order valence-electron chi connectivity index (χ4n) is 2.37. The number of aromatic nitrogens is 2. The van der Waals surface area contributed by atoms with Crippen LogP contribution in [0.4, 0.5) is 17.6 Å². The van der Waals surface area contributed by atoms with Gasteiger partial charge in [0.05, 0.1) is 19.1 Å². The van der Waals surface area contributed by atoms with E-state index in [-0.39, 0.29) is 18.8 Å². The summed E-state index contributed by atoms with van der Waals surface area (Å²) in [4.78, 5) is 21.0. The van der Waals surface area contributed by atoms with Crippen LogP contribution in [-0.2, 0) is 22.4 Å². The van der Waals surface area contributed by atoms with Crippen molar-refractivity contribution >= 4 is 5.91 Å². The van der Waals surface area contributed by atoms with Gasteiger partial charge in [-0.15, -0.1) is 0 Å². The van der Waals surface area contributed by atoms with Crippen LogP contribution in [-0.4, -0.2) is 33.9 Å². The van der Waals surface area contributed by atoms with E-state index >= 15 is 0 Å². The lowest BCUT2D eigenvalue weighted by Crippen LogP contribution is -2.33. The van der Waals surface area contributed by atoms with Gasteiger partial charge >= 0.3 is 12.1 Å². The van der Waals surface area contributed by atoms with E-state index in [2.05, 4.69) is 14.7 Å². The molecule has 1 aromatic heterocycles. The highest BCUT2D eigenvalue weighted by molar-refractivity contribution is 5.81. The van der Waals surface area contributed by atoms with Crippen molar-refractivity contribution in [2.45, 2.75) is 38.7 Å². The summed E-state index contributed by atoms with van der Waals surface area (Å²) in [7, 11) is 0. The number of benzene rings is 1. The first-order valence-corrected chi connectivity index (χ1v) is 8.38. The molecule has 10 heteroatoms. The number of alkyl halides is 4. The van der Waals surface area contributed by atoms with Crippen molar-refractivity contribution in [2.75, 3.05) is 6.61 Å². The second-order valence-corrected chi connectivity index (χ2v) is 6.18. The molecule has 0 aliphatic heterocycles. The molecule has 6 nitrogen and oxygen atoms in total. The van der Waals surface area contributed by atoms with Gasteiger partial charge in [-0.3, -0.25) is 9.63 Å². The van der Waals surface area contributed by atoms with Crippen LogP contribution in [0.5, 0.6) is 0 Å². The number of carbonyl (C=O) groups is 1. The molecule has 146 valence electrons. The Morgan fingerprint density at radius 2 is 2.00 bits per heavy atom. The monoisotopic (exact) mass is 387 g/mol. The van der Waals surface area contributed by atoms with Gasteiger partial charge in [0, 0.05) is 5.56 Å². The topological polar surface area (TPSA) is 68.5 Å². The van der Waals surface area contributed by atoms with Crippen LogP contribution in [0.15, 0.2) is 28.8 Å². The van der Waals surface area contributed by atoms with E-state index in [0.29, 0.717) is 24.2 Å². The van der Waals surface area contributed by atoms with Gasteiger partial charge in [-0.25, -0.2) is 9.45 Å². The number of nitrogens with zero attached hydrogens (tertiary/aromatic N) is 3. The third-order valence-corrected chi connectivity index (χ3v) is 3.93. The summed E-state index contributed by atoms with van der Waals surface area (Å²) in [5.41, 5.74) is 0.996. The second-order valence-electron chi connectivity index (χ2n) is 6.18. The van der Waals surface area contributed by atoms with E-state index in [1.165, 1.54) is 12.1 Å². The summed E-state index contributed by atoms with van der Waals surface area (Å²) in [6, 6.07) is 6.23. The third kappa shape index (κ3) is 4.62. The number of hydrogen-bond donors (Lipinski definition) is 0. The van der Waals surface area contributed by atoms with Crippen LogP contribution in [0.1, 0.15) is 31.2 Å². The molecule has 2 atom stereocenters. The Morgan fingerprint density at radius 1 is 1.33 bits per heavy atom. The molecule has 1 amide bonds. The van der Waals surface area contributed by atoms with Gasteiger partial charge in [-0.1, -0.05) is 36.3 Å². The highest BCUT2D eigenvalue weighted by Gasteiger charge is 2.46. The van der Waals surface area contributed by atoms with Crippen LogP contribution in [0.3, 0.4) is 0 Å². The lowest BCUT2D eigenvalue weighted by molar-refractivity contribution is -0.192. The Morgan fingerprint density at radius 3 is 2.52 bits per heavy atom. The fraction of sp³-hybridized carbons (Fsp3) is 0.471. The normalized spacial score (nSPS) is 19.1. The number of amides is 1. The van der Waals surface area contributed by atoms with Gasteiger partial charge in [0.25, 0.3) is 5.91 Å². The van der Waals surface area contributed by atoms with Gasteiger partial charge in [0.15, 0.2) is 0 Å². The molecule has 0 radical (unpaired) electrons. The van der Waals surface area contributed by atoms with E-state index < -0.39 is 30.1 Å². The minimum atomic E-state index is -4.71. The smallest absolute Gasteiger partial charge is 0.329 e. The van der Waals surface area contributed by atoms with E-state index in [9.17, 15) is 22.4 Å². The first-order chi connectivity index (χ1) is 12.8. The summed E-state index contributed by atoms with van der Waals surface area (Å²) >= 11 is 0. The highest BCUT2D eigenvalue weighted by Crippen LogP contribution is 2.36. The van der Waals surface area contributed by atoms with Crippen molar-refractivity contribution in [3.05, 3.63) is 35.7 Å². The molecule has 27 heavy (non-hydrogen) atoms. The van der Waals surface area contributed by atoms with E-state index in [1.54, 1.807) is 12.1 Å². The van der Waals surface area contributed by atoms with Gasteiger partial charge in [0.1, 0.15) is 6.17 Å². The van der Waals surface area contributed by atoms with E-state index in [1.807, 2.05) is 6.92 Å². The summed E-state index contributed by atoms with van der Waals surface area (Å²) in [5.74, 6) is -2.69. The standard InChI is InChI=1S/C17H17F4N3O3/c1-2-7-26-24(15(25)12-8-13(12)18)9-10-3-5-11(6-4-10)14-22-16(27-23-14)17(19,20)21/h3-6,12-13H,2,7-9H2,1H3. The number of hydroxylamine groups is 2. The summed E-state index contributed by atoms with van der Waals surface area (Å²) in [5, 5.41) is 4.45. The van der Waals surface area contributed by atoms with Crippen molar-refractivity contribution in [2.24, 2.45) is 5.92 Å². The Bertz CT molecular complexity index is 791. The van der Waals surface area contributed by atoms with Crippen molar-refractivity contribution in [1.82, 2.24) is 15.2 Å². The van der Waals surface area contributed by atoms with Crippen LogP contribution in [0.25, 0.3) is 11.4 Å². The molecule has 3 rings (SSSR count).